The van der Waals surface area contributed by atoms with Gasteiger partial charge in [0.05, 0.1) is 12.5 Å². The summed E-state index contributed by atoms with van der Waals surface area (Å²) in [6.07, 6.45) is 2.46. The van der Waals surface area contributed by atoms with Gasteiger partial charge in [-0.1, -0.05) is 30.3 Å². The molecule has 130 valence electrons. The van der Waals surface area contributed by atoms with Crippen molar-refractivity contribution >= 4 is 5.91 Å². The molecule has 1 amide bonds. The molecule has 4 rings (SSSR count). The van der Waals surface area contributed by atoms with Crippen molar-refractivity contribution in [3.05, 3.63) is 47.3 Å². The van der Waals surface area contributed by atoms with Crippen molar-refractivity contribution in [1.29, 1.82) is 0 Å². The van der Waals surface area contributed by atoms with Gasteiger partial charge in [-0.2, -0.15) is 0 Å². The van der Waals surface area contributed by atoms with Gasteiger partial charge in [-0.15, -0.1) is 0 Å². The van der Waals surface area contributed by atoms with Crippen LogP contribution in [0.1, 0.15) is 23.4 Å². The summed E-state index contributed by atoms with van der Waals surface area (Å²) < 4.78 is 5.38. The smallest absolute Gasteiger partial charge is 0.228 e. The predicted octanol–water partition coefficient (Wildman–Crippen LogP) is 2.42. The van der Waals surface area contributed by atoms with Crippen molar-refractivity contribution in [2.45, 2.75) is 26.2 Å². The molecule has 1 atom stereocenters. The number of rotatable bonds is 2. The molecule has 1 aromatic carbocycles. The summed E-state index contributed by atoms with van der Waals surface area (Å²) in [6, 6.07) is 10.1. The zero-order valence-corrected chi connectivity index (χ0v) is 14.6. The lowest BCUT2D eigenvalue weighted by molar-refractivity contribution is -0.135. The van der Waals surface area contributed by atoms with Crippen LogP contribution in [0.15, 0.2) is 30.3 Å². The molecule has 1 aromatic heterocycles. The molecule has 3 heterocycles. The molecule has 2 aromatic rings. The van der Waals surface area contributed by atoms with Gasteiger partial charge in [0.2, 0.25) is 5.91 Å². The van der Waals surface area contributed by atoms with Crippen LogP contribution in [-0.4, -0.2) is 47.1 Å². The Morgan fingerprint density at radius 1 is 1.16 bits per heavy atom. The summed E-state index contributed by atoms with van der Waals surface area (Å²) >= 11 is 0. The maximum Gasteiger partial charge on any atom is 0.228 e. The van der Waals surface area contributed by atoms with Crippen LogP contribution in [0.4, 0.5) is 0 Å². The lowest BCUT2D eigenvalue weighted by Crippen LogP contribution is -2.38. The highest BCUT2D eigenvalue weighted by Gasteiger charge is 2.29. The van der Waals surface area contributed by atoms with Gasteiger partial charge in [0.15, 0.2) is 5.82 Å². The first-order chi connectivity index (χ1) is 12.2. The van der Waals surface area contributed by atoms with Gasteiger partial charge in [-0.05, 0) is 25.3 Å². The van der Waals surface area contributed by atoms with Crippen LogP contribution in [0.5, 0.6) is 0 Å². The van der Waals surface area contributed by atoms with Crippen LogP contribution in [0, 0.1) is 12.8 Å². The fourth-order valence-electron chi connectivity index (χ4n) is 3.71. The molecule has 0 bridgehead atoms. The second-order valence-electron chi connectivity index (χ2n) is 6.81. The molecule has 1 saturated heterocycles. The summed E-state index contributed by atoms with van der Waals surface area (Å²) in [5, 5.41) is 0. The number of ether oxygens (including phenoxy) is 1. The number of hydrogen-bond acceptors (Lipinski definition) is 4. The zero-order chi connectivity index (χ0) is 17.2. The molecule has 25 heavy (non-hydrogen) atoms. The molecule has 5 nitrogen and oxygen atoms in total. The lowest BCUT2D eigenvalue weighted by atomic mass is 10.1. The van der Waals surface area contributed by atoms with Gasteiger partial charge in [0.1, 0.15) is 0 Å². The number of aryl methyl sites for hydroxylation is 1. The average Bonchev–Trinajstić information content (AvgIpc) is 3.09. The van der Waals surface area contributed by atoms with Crippen molar-refractivity contribution in [2.24, 2.45) is 5.92 Å². The van der Waals surface area contributed by atoms with E-state index in [0.29, 0.717) is 13.2 Å². The van der Waals surface area contributed by atoms with E-state index in [1.54, 1.807) is 0 Å². The third-order valence-corrected chi connectivity index (χ3v) is 5.17. The summed E-state index contributed by atoms with van der Waals surface area (Å²) in [7, 11) is 0. The maximum atomic E-state index is 12.7. The zero-order valence-electron chi connectivity index (χ0n) is 14.6. The molecule has 0 N–H and O–H groups in total. The van der Waals surface area contributed by atoms with E-state index < -0.39 is 0 Å². The molecular weight excluding hydrogens is 314 g/mol. The Balaban J connectivity index is 1.57. The molecule has 5 heteroatoms. The first kappa shape index (κ1) is 16.2. The highest BCUT2D eigenvalue weighted by atomic mass is 16.5. The fraction of sp³-hybridized carbons (Fsp3) is 0.450. The summed E-state index contributed by atoms with van der Waals surface area (Å²) in [5.41, 5.74) is 4.36. The van der Waals surface area contributed by atoms with E-state index in [1.807, 2.05) is 35.2 Å². The molecular formula is C20H23N3O2. The van der Waals surface area contributed by atoms with E-state index in [4.69, 9.17) is 14.7 Å². The Labute approximate surface area is 148 Å². The fourth-order valence-corrected chi connectivity index (χ4v) is 3.71. The minimum Gasteiger partial charge on any atom is -0.381 e. The number of aromatic nitrogens is 2. The van der Waals surface area contributed by atoms with Crippen molar-refractivity contribution in [1.82, 2.24) is 14.9 Å². The number of hydrogen-bond donors (Lipinski definition) is 0. The molecule has 0 spiro atoms. The van der Waals surface area contributed by atoms with E-state index in [0.717, 1.165) is 55.1 Å². The predicted molar refractivity (Wildman–Crippen MR) is 95.1 cm³/mol. The maximum absolute atomic E-state index is 12.7. The Hall–Kier alpha value is -2.27. The third kappa shape index (κ3) is 3.29. The molecule has 2 aliphatic heterocycles. The van der Waals surface area contributed by atoms with E-state index >= 15 is 0 Å². The van der Waals surface area contributed by atoms with Gasteiger partial charge in [-0.3, -0.25) is 4.79 Å². The molecule has 0 saturated carbocycles. The quantitative estimate of drug-likeness (QED) is 0.844. The normalized spacial score (nSPS) is 20.2. The van der Waals surface area contributed by atoms with Gasteiger partial charge >= 0.3 is 0 Å². The highest BCUT2D eigenvalue weighted by molar-refractivity contribution is 5.79. The van der Waals surface area contributed by atoms with Crippen LogP contribution in [0.2, 0.25) is 0 Å². The summed E-state index contributed by atoms with van der Waals surface area (Å²) in [6.45, 7) is 4.80. The molecule has 2 aliphatic rings. The topological polar surface area (TPSA) is 55.3 Å². The number of amides is 1. The standard InChI is InChI=1S/C20H23N3O2/c1-14-17-7-10-23(20(24)16-9-12-25-13-16)11-8-18(17)22-19(21-14)15-5-3-2-4-6-15/h2-6,16H,7-13H2,1H3/t16-/m0/s1. The minimum absolute atomic E-state index is 0.0354. The molecule has 0 unspecified atom stereocenters. The first-order valence-corrected chi connectivity index (χ1v) is 9.00. The number of carbonyl (C=O) groups is 1. The Morgan fingerprint density at radius 3 is 2.72 bits per heavy atom. The van der Waals surface area contributed by atoms with Gasteiger partial charge in [0, 0.05) is 43.1 Å². The van der Waals surface area contributed by atoms with Gasteiger partial charge in [0.25, 0.3) is 0 Å². The lowest BCUT2D eigenvalue weighted by Gasteiger charge is -2.23. The van der Waals surface area contributed by atoms with Crippen LogP contribution >= 0.6 is 0 Å². The van der Waals surface area contributed by atoms with Crippen molar-refractivity contribution in [2.75, 3.05) is 26.3 Å². The Kier molecular flexibility index (Phi) is 4.49. The number of fused-ring (bicyclic) bond motifs is 1. The second kappa shape index (κ2) is 6.92. The average molecular weight is 337 g/mol. The van der Waals surface area contributed by atoms with E-state index in [-0.39, 0.29) is 11.8 Å². The highest BCUT2D eigenvalue weighted by Crippen LogP contribution is 2.23. The summed E-state index contributed by atoms with van der Waals surface area (Å²) in [5.74, 6) is 1.05. The van der Waals surface area contributed by atoms with Crippen LogP contribution in [0.3, 0.4) is 0 Å². The van der Waals surface area contributed by atoms with Crippen LogP contribution in [0.25, 0.3) is 11.4 Å². The van der Waals surface area contributed by atoms with E-state index in [1.165, 1.54) is 5.56 Å². The number of benzene rings is 1. The second-order valence-corrected chi connectivity index (χ2v) is 6.81. The van der Waals surface area contributed by atoms with Gasteiger partial charge < -0.3 is 9.64 Å². The minimum atomic E-state index is 0.0354. The first-order valence-electron chi connectivity index (χ1n) is 9.00. The number of nitrogens with zero attached hydrogens (tertiary/aromatic N) is 3. The van der Waals surface area contributed by atoms with Crippen LogP contribution in [-0.2, 0) is 22.4 Å². The van der Waals surface area contributed by atoms with E-state index in [9.17, 15) is 4.79 Å². The Morgan fingerprint density at radius 2 is 1.96 bits per heavy atom. The molecule has 0 aliphatic carbocycles. The largest absolute Gasteiger partial charge is 0.381 e. The summed E-state index contributed by atoms with van der Waals surface area (Å²) in [4.78, 5) is 24.2. The van der Waals surface area contributed by atoms with Crippen molar-refractivity contribution in [3.8, 4) is 11.4 Å². The third-order valence-electron chi connectivity index (χ3n) is 5.17. The van der Waals surface area contributed by atoms with Crippen molar-refractivity contribution < 1.29 is 9.53 Å². The SMILES string of the molecule is Cc1nc(-c2ccccc2)nc2c1CCN(C(=O)[C@H]1CCOC1)CC2. The Bertz CT molecular complexity index is 770. The van der Waals surface area contributed by atoms with Crippen LogP contribution < -0.4 is 0 Å². The molecule has 0 radical (unpaired) electrons. The van der Waals surface area contributed by atoms with E-state index in [2.05, 4.69) is 6.92 Å². The molecule has 1 fully saturated rings. The number of carbonyl (C=O) groups excluding carboxylic acids is 1. The monoisotopic (exact) mass is 337 g/mol. The van der Waals surface area contributed by atoms with Gasteiger partial charge in [-0.25, -0.2) is 9.97 Å². The van der Waals surface area contributed by atoms with Crippen molar-refractivity contribution in [3.63, 3.8) is 0 Å².